The molecule has 1 aliphatic rings. The molecule has 0 atom stereocenters. The van der Waals surface area contributed by atoms with Crippen LogP contribution in [-0.4, -0.2) is 37.3 Å². The maximum absolute atomic E-state index is 12.4. The summed E-state index contributed by atoms with van der Waals surface area (Å²) in [5, 5.41) is 12.5. The number of rotatable bonds is 4. The van der Waals surface area contributed by atoms with Gasteiger partial charge in [0.25, 0.3) is 5.91 Å². The van der Waals surface area contributed by atoms with Crippen LogP contribution in [0.4, 0.5) is 11.4 Å². The number of carbonyl (C=O) groups excluding carboxylic acids is 1. The molecule has 2 N–H and O–H groups in total. The summed E-state index contributed by atoms with van der Waals surface area (Å²) in [6, 6.07) is 14.9. The molecule has 0 unspecified atom stereocenters. The van der Waals surface area contributed by atoms with Gasteiger partial charge in [0.15, 0.2) is 0 Å². The van der Waals surface area contributed by atoms with Crippen LogP contribution >= 0.6 is 0 Å². The molecular weight excluding hydrogens is 304 g/mol. The van der Waals surface area contributed by atoms with Crippen molar-refractivity contribution < 1.29 is 14.6 Å². The predicted octanol–water partition coefficient (Wildman–Crippen LogP) is 2.91. The number of carbonyl (C=O) groups is 1. The predicted molar refractivity (Wildman–Crippen MR) is 94.8 cm³/mol. The number of hydrogen-bond acceptors (Lipinski definition) is 4. The second-order valence-corrected chi connectivity index (χ2v) is 5.92. The van der Waals surface area contributed by atoms with Crippen molar-refractivity contribution in [2.24, 2.45) is 0 Å². The van der Waals surface area contributed by atoms with Gasteiger partial charge in [-0.1, -0.05) is 12.1 Å². The van der Waals surface area contributed by atoms with Gasteiger partial charge in [-0.05, 0) is 49.2 Å². The van der Waals surface area contributed by atoms with Crippen LogP contribution in [0.5, 0.6) is 5.75 Å². The zero-order valence-corrected chi connectivity index (χ0v) is 13.7. The molecule has 1 fully saturated rings. The van der Waals surface area contributed by atoms with Gasteiger partial charge in [-0.3, -0.25) is 4.79 Å². The smallest absolute Gasteiger partial charge is 0.255 e. The van der Waals surface area contributed by atoms with E-state index in [-0.39, 0.29) is 12.0 Å². The summed E-state index contributed by atoms with van der Waals surface area (Å²) in [6.07, 6.45) is 1.39. The Balaban J connectivity index is 1.68. The van der Waals surface area contributed by atoms with Crippen LogP contribution in [-0.2, 0) is 0 Å². The molecule has 0 spiro atoms. The SMILES string of the molecule is COc1ccccc1NC(=O)c1ccc(N2CCC(O)CC2)cc1. The van der Waals surface area contributed by atoms with E-state index in [1.807, 2.05) is 48.5 Å². The third-order valence-electron chi connectivity index (χ3n) is 4.31. The molecule has 3 rings (SSSR count). The molecule has 126 valence electrons. The van der Waals surface area contributed by atoms with Crippen molar-refractivity contribution in [1.29, 1.82) is 0 Å². The van der Waals surface area contributed by atoms with E-state index in [4.69, 9.17) is 4.74 Å². The largest absolute Gasteiger partial charge is 0.495 e. The number of benzene rings is 2. The van der Waals surface area contributed by atoms with Crippen LogP contribution in [0.15, 0.2) is 48.5 Å². The number of amides is 1. The molecule has 2 aromatic carbocycles. The maximum Gasteiger partial charge on any atom is 0.255 e. The minimum atomic E-state index is -0.188. The fourth-order valence-corrected chi connectivity index (χ4v) is 2.89. The highest BCUT2D eigenvalue weighted by atomic mass is 16.5. The summed E-state index contributed by atoms with van der Waals surface area (Å²) < 4.78 is 5.25. The lowest BCUT2D eigenvalue weighted by Crippen LogP contribution is -2.35. The summed E-state index contributed by atoms with van der Waals surface area (Å²) in [7, 11) is 1.58. The molecule has 0 saturated carbocycles. The molecule has 1 amide bonds. The Labute approximate surface area is 141 Å². The quantitative estimate of drug-likeness (QED) is 0.907. The van der Waals surface area contributed by atoms with Gasteiger partial charge in [0.2, 0.25) is 0 Å². The number of aliphatic hydroxyl groups is 1. The lowest BCUT2D eigenvalue weighted by Gasteiger charge is -2.31. The minimum Gasteiger partial charge on any atom is -0.495 e. The number of hydrogen-bond donors (Lipinski definition) is 2. The summed E-state index contributed by atoms with van der Waals surface area (Å²) in [5.74, 6) is 0.467. The van der Waals surface area contributed by atoms with Crippen molar-refractivity contribution >= 4 is 17.3 Å². The number of para-hydroxylation sites is 2. The average Bonchev–Trinajstić information content (AvgIpc) is 2.63. The highest BCUT2D eigenvalue weighted by molar-refractivity contribution is 6.05. The molecule has 2 aromatic rings. The summed E-state index contributed by atoms with van der Waals surface area (Å²) in [4.78, 5) is 14.6. The third kappa shape index (κ3) is 3.68. The lowest BCUT2D eigenvalue weighted by molar-refractivity contribution is 0.102. The van der Waals surface area contributed by atoms with E-state index in [0.29, 0.717) is 17.0 Å². The average molecular weight is 326 g/mol. The van der Waals surface area contributed by atoms with E-state index >= 15 is 0 Å². The minimum absolute atomic E-state index is 0.167. The van der Waals surface area contributed by atoms with Gasteiger partial charge in [0, 0.05) is 24.3 Å². The van der Waals surface area contributed by atoms with Crippen LogP contribution in [0.2, 0.25) is 0 Å². The van der Waals surface area contributed by atoms with Crippen molar-refractivity contribution in [2.45, 2.75) is 18.9 Å². The Kier molecular flexibility index (Phi) is 5.01. The highest BCUT2D eigenvalue weighted by Gasteiger charge is 2.17. The first-order chi connectivity index (χ1) is 11.7. The van der Waals surface area contributed by atoms with Crippen LogP contribution in [0.3, 0.4) is 0 Å². The Hall–Kier alpha value is -2.53. The van der Waals surface area contributed by atoms with E-state index in [9.17, 15) is 9.90 Å². The van der Waals surface area contributed by atoms with Gasteiger partial charge in [-0.2, -0.15) is 0 Å². The second kappa shape index (κ2) is 7.36. The van der Waals surface area contributed by atoms with Gasteiger partial charge >= 0.3 is 0 Å². The van der Waals surface area contributed by atoms with E-state index < -0.39 is 0 Å². The first-order valence-corrected chi connectivity index (χ1v) is 8.15. The zero-order valence-electron chi connectivity index (χ0n) is 13.7. The van der Waals surface area contributed by atoms with Crippen molar-refractivity contribution in [1.82, 2.24) is 0 Å². The number of ether oxygens (including phenoxy) is 1. The van der Waals surface area contributed by atoms with E-state index in [1.54, 1.807) is 7.11 Å². The molecule has 0 bridgehead atoms. The van der Waals surface area contributed by atoms with Crippen LogP contribution in [0.25, 0.3) is 0 Å². The summed E-state index contributed by atoms with van der Waals surface area (Å²) in [6.45, 7) is 1.68. The topological polar surface area (TPSA) is 61.8 Å². The van der Waals surface area contributed by atoms with Crippen LogP contribution in [0.1, 0.15) is 23.2 Å². The van der Waals surface area contributed by atoms with Gasteiger partial charge < -0.3 is 20.1 Å². The second-order valence-electron chi connectivity index (χ2n) is 5.92. The number of aliphatic hydroxyl groups excluding tert-OH is 1. The highest BCUT2D eigenvalue weighted by Crippen LogP contribution is 2.24. The number of nitrogens with zero attached hydrogens (tertiary/aromatic N) is 1. The van der Waals surface area contributed by atoms with Crippen LogP contribution < -0.4 is 15.0 Å². The number of methoxy groups -OCH3 is 1. The van der Waals surface area contributed by atoms with Crippen molar-refractivity contribution in [3.05, 3.63) is 54.1 Å². The molecule has 5 nitrogen and oxygen atoms in total. The number of nitrogens with one attached hydrogen (secondary N) is 1. The van der Waals surface area contributed by atoms with Crippen molar-refractivity contribution in [3.63, 3.8) is 0 Å². The molecule has 0 aliphatic carbocycles. The molecule has 1 aliphatic heterocycles. The van der Waals surface area contributed by atoms with Crippen molar-refractivity contribution in [2.75, 3.05) is 30.4 Å². The first-order valence-electron chi connectivity index (χ1n) is 8.15. The molecule has 1 heterocycles. The first kappa shape index (κ1) is 16.3. The molecule has 0 radical (unpaired) electrons. The van der Waals surface area contributed by atoms with Gasteiger partial charge in [0.1, 0.15) is 5.75 Å². The van der Waals surface area contributed by atoms with E-state index in [2.05, 4.69) is 10.2 Å². The normalized spacial score (nSPS) is 15.2. The summed E-state index contributed by atoms with van der Waals surface area (Å²) in [5.41, 5.74) is 2.33. The number of piperidine rings is 1. The van der Waals surface area contributed by atoms with Crippen LogP contribution in [0, 0.1) is 0 Å². The van der Waals surface area contributed by atoms with Gasteiger partial charge in [0.05, 0.1) is 18.9 Å². The zero-order chi connectivity index (χ0) is 16.9. The monoisotopic (exact) mass is 326 g/mol. The Bertz CT molecular complexity index is 692. The molecule has 5 heteroatoms. The Morgan fingerprint density at radius 2 is 1.79 bits per heavy atom. The molecule has 0 aromatic heterocycles. The Morgan fingerprint density at radius 1 is 1.12 bits per heavy atom. The number of anilines is 2. The maximum atomic E-state index is 12.4. The Morgan fingerprint density at radius 3 is 2.46 bits per heavy atom. The molecule has 24 heavy (non-hydrogen) atoms. The van der Waals surface area contributed by atoms with Crippen molar-refractivity contribution in [3.8, 4) is 5.75 Å². The third-order valence-corrected chi connectivity index (χ3v) is 4.31. The fourth-order valence-electron chi connectivity index (χ4n) is 2.89. The van der Waals surface area contributed by atoms with Gasteiger partial charge in [-0.25, -0.2) is 0 Å². The lowest BCUT2D eigenvalue weighted by atomic mass is 10.1. The molecule has 1 saturated heterocycles. The molecular formula is C19H22N2O3. The van der Waals surface area contributed by atoms with E-state index in [1.165, 1.54) is 0 Å². The standard InChI is InChI=1S/C19H22N2O3/c1-24-18-5-3-2-4-17(18)20-19(23)14-6-8-15(9-7-14)21-12-10-16(22)11-13-21/h2-9,16,22H,10-13H2,1H3,(H,20,23). The van der Waals surface area contributed by atoms with E-state index in [0.717, 1.165) is 31.6 Å². The summed E-state index contributed by atoms with van der Waals surface area (Å²) >= 11 is 0. The fraction of sp³-hybridized carbons (Fsp3) is 0.316. The van der Waals surface area contributed by atoms with Gasteiger partial charge in [-0.15, -0.1) is 0 Å².